The Morgan fingerprint density at radius 3 is 2.78 bits per heavy atom. The molecule has 2 heteroatoms. The minimum Gasteiger partial charge on any atom is -0.380 e. The van der Waals surface area contributed by atoms with Gasteiger partial charge in [-0.25, -0.2) is 0 Å². The SMILES string of the molecule is COC1CCCCC1NCCc1ccccc1C. The van der Waals surface area contributed by atoms with Crippen LogP contribution in [0.3, 0.4) is 0 Å². The lowest BCUT2D eigenvalue weighted by atomic mass is 9.92. The minimum absolute atomic E-state index is 0.413. The van der Waals surface area contributed by atoms with Crippen LogP contribution in [-0.2, 0) is 11.2 Å². The molecule has 0 amide bonds. The lowest BCUT2D eigenvalue weighted by Crippen LogP contribution is -2.43. The maximum Gasteiger partial charge on any atom is 0.0724 e. The second kappa shape index (κ2) is 6.91. The molecule has 0 aliphatic heterocycles. The van der Waals surface area contributed by atoms with Crippen LogP contribution >= 0.6 is 0 Å². The smallest absolute Gasteiger partial charge is 0.0724 e. The maximum atomic E-state index is 5.57. The Kier molecular flexibility index (Phi) is 5.21. The fourth-order valence-corrected chi connectivity index (χ4v) is 2.90. The molecule has 18 heavy (non-hydrogen) atoms. The molecule has 0 radical (unpaired) electrons. The van der Waals surface area contributed by atoms with Crippen LogP contribution in [0.4, 0.5) is 0 Å². The third kappa shape index (κ3) is 3.56. The van der Waals surface area contributed by atoms with Gasteiger partial charge >= 0.3 is 0 Å². The van der Waals surface area contributed by atoms with E-state index in [0.29, 0.717) is 12.1 Å². The van der Waals surface area contributed by atoms with E-state index in [-0.39, 0.29) is 0 Å². The molecule has 1 aliphatic rings. The first-order chi connectivity index (χ1) is 8.81. The molecule has 2 rings (SSSR count). The van der Waals surface area contributed by atoms with Gasteiger partial charge < -0.3 is 10.1 Å². The lowest BCUT2D eigenvalue weighted by molar-refractivity contribution is 0.0421. The van der Waals surface area contributed by atoms with Gasteiger partial charge in [-0.3, -0.25) is 0 Å². The Bertz CT molecular complexity index is 364. The van der Waals surface area contributed by atoms with Crippen LogP contribution in [0.2, 0.25) is 0 Å². The third-order valence-electron chi connectivity index (χ3n) is 4.07. The summed E-state index contributed by atoms with van der Waals surface area (Å²) in [7, 11) is 1.84. The molecule has 2 unspecified atom stereocenters. The second-order valence-electron chi connectivity index (χ2n) is 5.30. The molecule has 1 fully saturated rings. The standard InChI is InChI=1S/C16H25NO/c1-13-7-3-4-8-14(13)11-12-17-15-9-5-6-10-16(15)18-2/h3-4,7-8,15-17H,5-6,9-12H2,1-2H3. The highest BCUT2D eigenvalue weighted by Gasteiger charge is 2.23. The van der Waals surface area contributed by atoms with Gasteiger partial charge in [-0.2, -0.15) is 0 Å². The van der Waals surface area contributed by atoms with Gasteiger partial charge in [-0.1, -0.05) is 37.1 Å². The molecule has 1 aromatic rings. The molecule has 0 aromatic heterocycles. The van der Waals surface area contributed by atoms with Crippen LogP contribution in [0.5, 0.6) is 0 Å². The summed E-state index contributed by atoms with van der Waals surface area (Å²) in [6, 6.07) is 9.20. The van der Waals surface area contributed by atoms with E-state index in [1.807, 2.05) is 7.11 Å². The average molecular weight is 247 g/mol. The van der Waals surface area contributed by atoms with Crippen molar-refractivity contribution in [3.63, 3.8) is 0 Å². The van der Waals surface area contributed by atoms with Crippen molar-refractivity contribution in [2.45, 2.75) is 51.2 Å². The molecular weight excluding hydrogens is 222 g/mol. The third-order valence-corrected chi connectivity index (χ3v) is 4.07. The number of aryl methyl sites for hydroxylation is 1. The van der Waals surface area contributed by atoms with Crippen molar-refractivity contribution in [3.05, 3.63) is 35.4 Å². The summed E-state index contributed by atoms with van der Waals surface area (Å²) in [5, 5.41) is 3.67. The fraction of sp³-hybridized carbons (Fsp3) is 0.625. The van der Waals surface area contributed by atoms with Crippen molar-refractivity contribution in [1.29, 1.82) is 0 Å². The number of benzene rings is 1. The van der Waals surface area contributed by atoms with Crippen LogP contribution in [-0.4, -0.2) is 25.8 Å². The van der Waals surface area contributed by atoms with Gasteiger partial charge in [-0.05, 0) is 43.9 Å². The summed E-state index contributed by atoms with van der Waals surface area (Å²) in [6.07, 6.45) is 6.64. The van der Waals surface area contributed by atoms with E-state index in [2.05, 4.69) is 36.5 Å². The summed E-state index contributed by atoms with van der Waals surface area (Å²) in [4.78, 5) is 0. The van der Waals surface area contributed by atoms with Gasteiger partial charge in [0.1, 0.15) is 0 Å². The zero-order chi connectivity index (χ0) is 12.8. The Morgan fingerprint density at radius 2 is 2.00 bits per heavy atom. The van der Waals surface area contributed by atoms with Gasteiger partial charge in [0.2, 0.25) is 0 Å². The highest BCUT2D eigenvalue weighted by atomic mass is 16.5. The van der Waals surface area contributed by atoms with Gasteiger partial charge in [0.25, 0.3) is 0 Å². The average Bonchev–Trinajstić information content (AvgIpc) is 2.41. The molecule has 2 atom stereocenters. The number of hydrogen-bond donors (Lipinski definition) is 1. The molecule has 0 bridgehead atoms. The van der Waals surface area contributed by atoms with Crippen molar-refractivity contribution < 1.29 is 4.74 Å². The van der Waals surface area contributed by atoms with E-state index in [4.69, 9.17) is 4.74 Å². The van der Waals surface area contributed by atoms with E-state index < -0.39 is 0 Å². The largest absolute Gasteiger partial charge is 0.380 e. The van der Waals surface area contributed by atoms with Gasteiger partial charge in [0.15, 0.2) is 0 Å². The van der Waals surface area contributed by atoms with Crippen LogP contribution in [0, 0.1) is 6.92 Å². The lowest BCUT2D eigenvalue weighted by Gasteiger charge is -2.31. The Hall–Kier alpha value is -0.860. The summed E-state index contributed by atoms with van der Waals surface area (Å²) >= 11 is 0. The molecule has 0 spiro atoms. The normalized spacial score (nSPS) is 24.1. The van der Waals surface area contributed by atoms with Gasteiger partial charge in [-0.15, -0.1) is 0 Å². The number of hydrogen-bond acceptors (Lipinski definition) is 2. The highest BCUT2D eigenvalue weighted by molar-refractivity contribution is 5.25. The maximum absolute atomic E-state index is 5.57. The summed E-state index contributed by atoms with van der Waals surface area (Å²) in [5.41, 5.74) is 2.85. The summed E-state index contributed by atoms with van der Waals surface area (Å²) < 4.78 is 5.57. The number of ether oxygens (including phenoxy) is 1. The van der Waals surface area contributed by atoms with Crippen molar-refractivity contribution in [2.75, 3.05) is 13.7 Å². The van der Waals surface area contributed by atoms with Crippen LogP contribution in [0.15, 0.2) is 24.3 Å². The summed E-state index contributed by atoms with van der Waals surface area (Å²) in [6.45, 7) is 3.24. The van der Waals surface area contributed by atoms with Crippen molar-refractivity contribution in [2.24, 2.45) is 0 Å². The fourth-order valence-electron chi connectivity index (χ4n) is 2.90. The molecule has 100 valence electrons. The van der Waals surface area contributed by atoms with Gasteiger partial charge in [0, 0.05) is 13.2 Å². The van der Waals surface area contributed by atoms with E-state index in [9.17, 15) is 0 Å². The van der Waals surface area contributed by atoms with Crippen molar-refractivity contribution >= 4 is 0 Å². The molecule has 1 saturated carbocycles. The van der Waals surface area contributed by atoms with E-state index >= 15 is 0 Å². The topological polar surface area (TPSA) is 21.3 Å². The minimum atomic E-state index is 0.413. The highest BCUT2D eigenvalue weighted by Crippen LogP contribution is 2.20. The molecule has 0 saturated heterocycles. The van der Waals surface area contributed by atoms with Crippen LogP contribution in [0.25, 0.3) is 0 Å². The molecule has 1 aliphatic carbocycles. The second-order valence-corrected chi connectivity index (χ2v) is 5.30. The molecule has 2 nitrogen and oxygen atoms in total. The summed E-state index contributed by atoms with van der Waals surface area (Å²) in [5.74, 6) is 0. The van der Waals surface area contributed by atoms with Crippen molar-refractivity contribution in [3.8, 4) is 0 Å². The Labute approximate surface area is 111 Å². The quantitative estimate of drug-likeness (QED) is 0.863. The number of nitrogens with one attached hydrogen (secondary N) is 1. The predicted molar refractivity (Wildman–Crippen MR) is 75.9 cm³/mol. The number of rotatable bonds is 5. The van der Waals surface area contributed by atoms with Gasteiger partial charge in [0.05, 0.1) is 6.10 Å². The predicted octanol–water partition coefficient (Wildman–Crippen LogP) is 3.08. The van der Waals surface area contributed by atoms with E-state index in [0.717, 1.165) is 13.0 Å². The molecule has 1 aromatic carbocycles. The van der Waals surface area contributed by atoms with Crippen LogP contribution < -0.4 is 5.32 Å². The number of methoxy groups -OCH3 is 1. The zero-order valence-corrected chi connectivity index (χ0v) is 11.6. The first-order valence-corrected chi connectivity index (χ1v) is 7.12. The first kappa shape index (κ1) is 13.6. The molecule has 0 heterocycles. The molecule has 1 N–H and O–H groups in total. The van der Waals surface area contributed by atoms with E-state index in [1.54, 1.807) is 0 Å². The monoisotopic (exact) mass is 247 g/mol. The Balaban J connectivity index is 1.79. The zero-order valence-electron chi connectivity index (χ0n) is 11.6. The Morgan fingerprint density at radius 1 is 1.22 bits per heavy atom. The van der Waals surface area contributed by atoms with Crippen molar-refractivity contribution in [1.82, 2.24) is 5.32 Å². The van der Waals surface area contributed by atoms with Crippen LogP contribution in [0.1, 0.15) is 36.8 Å². The van der Waals surface area contributed by atoms with E-state index in [1.165, 1.54) is 36.8 Å². The molecular formula is C16H25NO. The first-order valence-electron chi connectivity index (χ1n) is 7.12.